The molecule has 6 nitrogen and oxygen atoms in total. The average molecular weight is 451 g/mol. The van der Waals surface area contributed by atoms with E-state index in [1.807, 2.05) is 13.8 Å². The maximum absolute atomic E-state index is 13.6. The van der Waals surface area contributed by atoms with Crippen LogP contribution in [-0.4, -0.2) is 44.2 Å². The van der Waals surface area contributed by atoms with Crippen molar-refractivity contribution in [3.05, 3.63) is 65.2 Å². The van der Waals surface area contributed by atoms with Crippen LogP contribution in [0.25, 0.3) is 0 Å². The van der Waals surface area contributed by atoms with Crippen LogP contribution in [0.4, 0.5) is 8.78 Å². The van der Waals surface area contributed by atoms with Gasteiger partial charge in [-0.1, -0.05) is 13.8 Å². The zero-order chi connectivity index (χ0) is 22.8. The van der Waals surface area contributed by atoms with Gasteiger partial charge >= 0.3 is 5.97 Å². The Balaban J connectivity index is 1.66. The SMILES string of the molecule is CC1CC(C)CN(S(=O)(=O)c2ccc(C(=O)OCC(=O)c3cc(F)ccc3F)cc2)C1. The maximum atomic E-state index is 13.6. The Kier molecular flexibility index (Phi) is 6.86. The fraction of sp³-hybridized carbons (Fsp3) is 0.364. The Bertz CT molecular complexity index is 1080. The molecule has 3 rings (SSSR count). The molecule has 0 saturated carbocycles. The number of benzene rings is 2. The molecule has 1 fully saturated rings. The molecular formula is C22H23F2NO5S. The highest BCUT2D eigenvalue weighted by Crippen LogP contribution is 2.26. The van der Waals surface area contributed by atoms with E-state index in [1.54, 1.807) is 0 Å². The van der Waals surface area contributed by atoms with Gasteiger partial charge in [-0.25, -0.2) is 22.0 Å². The van der Waals surface area contributed by atoms with Crippen LogP contribution in [0.1, 0.15) is 41.0 Å². The topological polar surface area (TPSA) is 80.8 Å². The number of hydrogen-bond acceptors (Lipinski definition) is 5. The molecule has 0 bridgehead atoms. The van der Waals surface area contributed by atoms with Crippen molar-refractivity contribution < 1.29 is 31.5 Å². The third-order valence-electron chi connectivity index (χ3n) is 5.13. The third kappa shape index (κ3) is 5.34. The van der Waals surface area contributed by atoms with E-state index in [1.165, 1.54) is 28.6 Å². The van der Waals surface area contributed by atoms with Crippen molar-refractivity contribution in [2.24, 2.45) is 11.8 Å². The zero-order valence-electron chi connectivity index (χ0n) is 17.2. The van der Waals surface area contributed by atoms with Crippen LogP contribution in [0, 0.1) is 23.5 Å². The minimum absolute atomic E-state index is 0.0341. The zero-order valence-corrected chi connectivity index (χ0v) is 18.0. The van der Waals surface area contributed by atoms with Gasteiger partial charge in [0.25, 0.3) is 0 Å². The first-order chi connectivity index (χ1) is 14.6. The summed E-state index contributed by atoms with van der Waals surface area (Å²) < 4.78 is 58.9. The van der Waals surface area contributed by atoms with Gasteiger partial charge in [-0.3, -0.25) is 4.79 Å². The fourth-order valence-electron chi connectivity index (χ4n) is 3.72. The molecule has 2 atom stereocenters. The minimum atomic E-state index is -3.69. The quantitative estimate of drug-likeness (QED) is 0.495. The number of ether oxygens (including phenoxy) is 1. The van der Waals surface area contributed by atoms with Crippen LogP contribution in [0.5, 0.6) is 0 Å². The van der Waals surface area contributed by atoms with Gasteiger partial charge in [-0.2, -0.15) is 4.31 Å². The largest absolute Gasteiger partial charge is 0.454 e. The van der Waals surface area contributed by atoms with Crippen molar-refractivity contribution >= 4 is 21.8 Å². The summed E-state index contributed by atoms with van der Waals surface area (Å²) in [4.78, 5) is 24.2. The second-order valence-electron chi connectivity index (χ2n) is 7.92. The van der Waals surface area contributed by atoms with Crippen LogP contribution >= 0.6 is 0 Å². The van der Waals surface area contributed by atoms with Gasteiger partial charge in [0.15, 0.2) is 6.61 Å². The summed E-state index contributed by atoms with van der Waals surface area (Å²) in [5, 5.41) is 0. The first-order valence-electron chi connectivity index (χ1n) is 9.83. The van der Waals surface area contributed by atoms with Crippen molar-refractivity contribution in [3.8, 4) is 0 Å². The molecule has 1 aliphatic rings. The van der Waals surface area contributed by atoms with Gasteiger partial charge in [0.05, 0.1) is 16.0 Å². The van der Waals surface area contributed by atoms with Crippen molar-refractivity contribution in [3.63, 3.8) is 0 Å². The molecule has 9 heteroatoms. The van der Waals surface area contributed by atoms with Crippen LogP contribution < -0.4 is 0 Å². The van der Waals surface area contributed by atoms with E-state index in [0.717, 1.165) is 24.6 Å². The number of sulfonamides is 1. The number of ketones is 1. The summed E-state index contributed by atoms with van der Waals surface area (Å²) >= 11 is 0. The summed E-state index contributed by atoms with van der Waals surface area (Å²) in [6.07, 6.45) is 0.967. The highest BCUT2D eigenvalue weighted by Gasteiger charge is 2.31. The number of carbonyl (C=O) groups excluding carboxylic acids is 2. The van der Waals surface area contributed by atoms with Gasteiger partial charge in [0, 0.05) is 13.1 Å². The average Bonchev–Trinajstić information content (AvgIpc) is 2.73. The second-order valence-corrected chi connectivity index (χ2v) is 9.85. The van der Waals surface area contributed by atoms with Crippen LogP contribution in [0.3, 0.4) is 0 Å². The first kappa shape index (κ1) is 23.0. The van der Waals surface area contributed by atoms with Gasteiger partial charge in [-0.05, 0) is 60.7 Å². The number of esters is 1. The lowest BCUT2D eigenvalue weighted by Crippen LogP contribution is -2.42. The van der Waals surface area contributed by atoms with E-state index >= 15 is 0 Å². The monoisotopic (exact) mass is 451 g/mol. The Morgan fingerprint density at radius 3 is 2.26 bits per heavy atom. The predicted molar refractivity (Wildman–Crippen MR) is 109 cm³/mol. The number of piperidine rings is 1. The normalized spacial score (nSPS) is 19.7. The molecule has 2 aromatic carbocycles. The van der Waals surface area contributed by atoms with Crippen molar-refractivity contribution in [2.45, 2.75) is 25.2 Å². The van der Waals surface area contributed by atoms with Crippen molar-refractivity contribution in [1.29, 1.82) is 0 Å². The van der Waals surface area contributed by atoms with E-state index < -0.39 is 45.6 Å². The Hall–Kier alpha value is -2.65. The van der Waals surface area contributed by atoms with E-state index in [0.29, 0.717) is 13.1 Å². The highest BCUT2D eigenvalue weighted by molar-refractivity contribution is 7.89. The molecule has 166 valence electrons. The molecular weight excluding hydrogens is 428 g/mol. The summed E-state index contributed by atoms with van der Waals surface area (Å²) in [6, 6.07) is 7.62. The van der Waals surface area contributed by atoms with Crippen molar-refractivity contribution in [2.75, 3.05) is 19.7 Å². The molecule has 0 amide bonds. The van der Waals surface area contributed by atoms with Crippen LogP contribution in [-0.2, 0) is 14.8 Å². The molecule has 0 spiro atoms. The van der Waals surface area contributed by atoms with Crippen molar-refractivity contribution in [1.82, 2.24) is 4.31 Å². The van der Waals surface area contributed by atoms with Crippen LogP contribution in [0.2, 0.25) is 0 Å². The lowest BCUT2D eigenvalue weighted by Gasteiger charge is -2.34. The lowest BCUT2D eigenvalue weighted by molar-refractivity contribution is 0.0473. The first-order valence-corrected chi connectivity index (χ1v) is 11.3. The molecule has 0 radical (unpaired) electrons. The molecule has 0 aliphatic carbocycles. The number of rotatable bonds is 6. The molecule has 2 aromatic rings. The van der Waals surface area contributed by atoms with Gasteiger partial charge in [0.2, 0.25) is 15.8 Å². The minimum Gasteiger partial charge on any atom is -0.454 e. The predicted octanol–water partition coefficient (Wildman–Crippen LogP) is 3.67. The number of carbonyl (C=O) groups is 2. The molecule has 1 saturated heterocycles. The standard InChI is InChI=1S/C22H23F2NO5S/c1-14-9-15(2)12-25(11-14)31(28,29)18-6-3-16(4-7-18)22(27)30-13-21(26)19-10-17(23)5-8-20(19)24/h3-8,10,14-15H,9,11-13H2,1-2H3. The van der Waals surface area contributed by atoms with E-state index in [4.69, 9.17) is 4.74 Å². The summed E-state index contributed by atoms with van der Waals surface area (Å²) in [7, 11) is -3.69. The Morgan fingerprint density at radius 2 is 1.65 bits per heavy atom. The molecule has 0 N–H and O–H groups in total. The Labute approximate surface area is 179 Å². The number of hydrogen-bond donors (Lipinski definition) is 0. The highest BCUT2D eigenvalue weighted by atomic mass is 32.2. The number of nitrogens with zero attached hydrogens (tertiary/aromatic N) is 1. The maximum Gasteiger partial charge on any atom is 0.338 e. The number of Topliss-reactive ketones (excluding diaryl/α,β-unsaturated/α-hetero) is 1. The number of halogens is 2. The van der Waals surface area contributed by atoms with E-state index in [-0.39, 0.29) is 22.3 Å². The summed E-state index contributed by atoms with van der Waals surface area (Å²) in [6.45, 7) is 4.12. The second kappa shape index (κ2) is 9.23. The van der Waals surface area contributed by atoms with E-state index in [9.17, 15) is 26.8 Å². The summed E-state index contributed by atoms with van der Waals surface area (Å²) in [5.74, 6) is -2.96. The van der Waals surface area contributed by atoms with E-state index in [2.05, 4.69) is 0 Å². The molecule has 1 aliphatic heterocycles. The Morgan fingerprint density at radius 1 is 1.03 bits per heavy atom. The van der Waals surface area contributed by atoms with Gasteiger partial charge in [0.1, 0.15) is 11.6 Å². The lowest BCUT2D eigenvalue weighted by atomic mass is 9.94. The van der Waals surface area contributed by atoms with Crippen LogP contribution in [0.15, 0.2) is 47.4 Å². The fourth-order valence-corrected chi connectivity index (χ4v) is 5.40. The van der Waals surface area contributed by atoms with Gasteiger partial charge < -0.3 is 4.74 Å². The third-order valence-corrected chi connectivity index (χ3v) is 6.97. The molecule has 1 heterocycles. The van der Waals surface area contributed by atoms with Gasteiger partial charge in [-0.15, -0.1) is 0 Å². The smallest absolute Gasteiger partial charge is 0.338 e. The molecule has 0 aromatic heterocycles. The molecule has 2 unspecified atom stereocenters. The summed E-state index contributed by atoms with van der Waals surface area (Å²) in [5.41, 5.74) is -0.480. The molecule has 31 heavy (non-hydrogen) atoms.